The molecule has 0 spiro atoms. The fourth-order valence-corrected chi connectivity index (χ4v) is 4.38. The van der Waals surface area contributed by atoms with Crippen LogP contribution in [0.25, 0.3) is 16.7 Å². The molecule has 166 valence electrons. The Morgan fingerprint density at radius 2 is 2.00 bits per heavy atom. The van der Waals surface area contributed by atoms with Crippen LogP contribution in [0.1, 0.15) is 25.0 Å². The van der Waals surface area contributed by atoms with E-state index < -0.39 is 0 Å². The number of nitrogens with one attached hydrogen (secondary N) is 2. The first-order chi connectivity index (χ1) is 15.5. The van der Waals surface area contributed by atoms with Crippen molar-refractivity contribution < 1.29 is 9.72 Å². The van der Waals surface area contributed by atoms with Gasteiger partial charge in [0.15, 0.2) is 5.65 Å². The Morgan fingerprint density at radius 3 is 2.75 bits per heavy atom. The molecule has 0 radical (unpaired) electrons. The Hall–Kier alpha value is -3.30. The standard InChI is InChI=1S/C23H27N7O2/c1-23(2)14-24-8-9-28(23)12-17-10-19-20(25-11-17)29(22(31)30-21(19)26-15-27-30)13-16-4-6-18(32-3)7-5-16/h4-7,10-11,15,24H,8-9,12-14H2,1-3H3/p+1. The number of benzene rings is 1. The largest absolute Gasteiger partial charge is 0.497 e. The summed E-state index contributed by atoms with van der Waals surface area (Å²) in [6.45, 7) is 8.62. The van der Waals surface area contributed by atoms with Crippen LogP contribution in [0.4, 0.5) is 0 Å². The number of nitrogens with zero attached hydrogens (tertiary/aromatic N) is 5. The van der Waals surface area contributed by atoms with Gasteiger partial charge in [0.05, 0.1) is 19.0 Å². The zero-order chi connectivity index (χ0) is 22.3. The van der Waals surface area contributed by atoms with Crippen molar-refractivity contribution in [3.05, 3.63) is 64.5 Å². The van der Waals surface area contributed by atoms with Crippen LogP contribution >= 0.6 is 0 Å². The minimum Gasteiger partial charge on any atom is -0.497 e. The highest BCUT2D eigenvalue weighted by Gasteiger charge is 2.29. The van der Waals surface area contributed by atoms with Gasteiger partial charge in [0.1, 0.15) is 5.75 Å². The molecule has 4 heterocycles. The quantitative estimate of drug-likeness (QED) is 0.506. The van der Waals surface area contributed by atoms with Crippen LogP contribution in [0.15, 0.2) is 47.7 Å². The SMILES string of the molecule is COc1ccc(Cn2c(=O)n3nc[nH+]c3c3cc(CN4CCNCC4(C)C)cnc32)cc1. The van der Waals surface area contributed by atoms with E-state index in [4.69, 9.17) is 9.72 Å². The Bertz CT molecular complexity index is 1320. The van der Waals surface area contributed by atoms with Crippen molar-refractivity contribution in [3.8, 4) is 5.75 Å². The van der Waals surface area contributed by atoms with Gasteiger partial charge in [-0.1, -0.05) is 12.1 Å². The zero-order valence-electron chi connectivity index (χ0n) is 18.6. The molecule has 0 bridgehead atoms. The minimum absolute atomic E-state index is 0.0679. The fraction of sp³-hybridized carbons (Fsp3) is 0.391. The first-order valence-electron chi connectivity index (χ1n) is 10.8. The molecular formula is C23H28N7O2+. The van der Waals surface area contributed by atoms with E-state index in [1.165, 1.54) is 4.52 Å². The lowest BCUT2D eigenvalue weighted by Gasteiger charge is -2.42. The summed E-state index contributed by atoms with van der Waals surface area (Å²) in [5.74, 6) is 0.779. The predicted octanol–water partition coefficient (Wildman–Crippen LogP) is 1.10. The monoisotopic (exact) mass is 434 g/mol. The second-order valence-electron chi connectivity index (χ2n) is 8.89. The van der Waals surface area contributed by atoms with Crippen LogP contribution < -0.4 is 20.7 Å². The second kappa shape index (κ2) is 7.99. The number of H-pyrrole nitrogens is 1. The highest BCUT2D eigenvalue weighted by atomic mass is 16.5. The van der Waals surface area contributed by atoms with E-state index in [1.54, 1.807) is 18.0 Å². The van der Waals surface area contributed by atoms with Gasteiger partial charge in [-0.3, -0.25) is 9.47 Å². The molecule has 1 aliphatic heterocycles. The summed E-state index contributed by atoms with van der Waals surface area (Å²) in [5, 5.41) is 8.57. The number of aromatic amines is 1. The average Bonchev–Trinajstić information content (AvgIpc) is 3.29. The second-order valence-corrected chi connectivity index (χ2v) is 8.89. The summed E-state index contributed by atoms with van der Waals surface area (Å²) >= 11 is 0. The number of piperazine rings is 1. The molecule has 0 unspecified atom stereocenters. The highest BCUT2D eigenvalue weighted by molar-refractivity contribution is 5.87. The molecule has 0 atom stereocenters. The maximum atomic E-state index is 13.2. The molecule has 4 aromatic rings. The minimum atomic E-state index is -0.229. The summed E-state index contributed by atoms with van der Waals surface area (Å²) in [6, 6.07) is 9.82. The maximum Gasteiger partial charge on any atom is 0.425 e. The van der Waals surface area contributed by atoms with Crippen LogP contribution in [-0.2, 0) is 13.1 Å². The van der Waals surface area contributed by atoms with E-state index in [9.17, 15) is 4.79 Å². The van der Waals surface area contributed by atoms with Crippen LogP contribution in [0.3, 0.4) is 0 Å². The number of aromatic nitrogens is 5. The fourth-order valence-electron chi connectivity index (χ4n) is 4.38. The third-order valence-electron chi connectivity index (χ3n) is 6.28. The zero-order valence-corrected chi connectivity index (χ0v) is 18.6. The van der Waals surface area contributed by atoms with Gasteiger partial charge in [0, 0.05) is 43.0 Å². The van der Waals surface area contributed by atoms with Gasteiger partial charge in [-0.05, 0) is 47.7 Å². The summed E-state index contributed by atoms with van der Waals surface area (Å²) in [6.07, 6.45) is 3.43. The lowest BCUT2D eigenvalue weighted by atomic mass is 9.99. The molecule has 0 aliphatic carbocycles. The number of hydrogen-bond acceptors (Lipinski definition) is 6. The first kappa shape index (κ1) is 20.6. The van der Waals surface area contributed by atoms with E-state index in [0.717, 1.165) is 48.4 Å². The number of methoxy groups -OCH3 is 1. The topological polar surface area (TPSA) is 90.8 Å². The molecule has 0 amide bonds. The van der Waals surface area contributed by atoms with Crippen molar-refractivity contribution in [2.75, 3.05) is 26.7 Å². The summed E-state index contributed by atoms with van der Waals surface area (Å²) in [4.78, 5) is 23.5. The van der Waals surface area contributed by atoms with Gasteiger partial charge in [-0.15, -0.1) is 0 Å². The number of fused-ring (bicyclic) bond motifs is 3. The highest BCUT2D eigenvalue weighted by Crippen LogP contribution is 2.22. The molecule has 1 fully saturated rings. The molecule has 1 aromatic carbocycles. The van der Waals surface area contributed by atoms with Crippen LogP contribution in [0, 0.1) is 0 Å². The molecule has 9 heteroatoms. The third kappa shape index (κ3) is 3.63. The number of hydrogen-bond donors (Lipinski definition) is 1. The molecule has 9 nitrogen and oxygen atoms in total. The lowest BCUT2D eigenvalue weighted by molar-refractivity contribution is -0.345. The van der Waals surface area contributed by atoms with Gasteiger partial charge in [0.2, 0.25) is 0 Å². The molecule has 3 aromatic heterocycles. The van der Waals surface area contributed by atoms with Gasteiger partial charge < -0.3 is 10.1 Å². The Morgan fingerprint density at radius 1 is 1.19 bits per heavy atom. The molecule has 2 N–H and O–H groups in total. The summed E-state index contributed by atoms with van der Waals surface area (Å²) < 4.78 is 8.32. The van der Waals surface area contributed by atoms with Crippen LogP contribution in [-0.4, -0.2) is 56.3 Å². The van der Waals surface area contributed by atoms with Crippen molar-refractivity contribution in [2.45, 2.75) is 32.5 Å². The van der Waals surface area contributed by atoms with Crippen molar-refractivity contribution in [2.24, 2.45) is 0 Å². The Balaban J connectivity index is 1.58. The van der Waals surface area contributed by atoms with Crippen molar-refractivity contribution >= 4 is 16.7 Å². The Labute approximate surface area is 185 Å². The molecule has 32 heavy (non-hydrogen) atoms. The molecular weight excluding hydrogens is 406 g/mol. The van der Waals surface area contributed by atoms with E-state index in [1.807, 2.05) is 30.5 Å². The smallest absolute Gasteiger partial charge is 0.425 e. The lowest BCUT2D eigenvalue weighted by Crippen LogP contribution is -2.57. The van der Waals surface area contributed by atoms with E-state index in [-0.39, 0.29) is 11.2 Å². The van der Waals surface area contributed by atoms with E-state index >= 15 is 0 Å². The maximum absolute atomic E-state index is 13.2. The number of ether oxygens (including phenoxy) is 1. The van der Waals surface area contributed by atoms with Gasteiger partial charge in [0.25, 0.3) is 12.0 Å². The molecule has 1 aliphatic rings. The van der Waals surface area contributed by atoms with E-state index in [2.05, 4.69) is 40.2 Å². The van der Waals surface area contributed by atoms with Crippen molar-refractivity contribution in [1.82, 2.24) is 29.4 Å². The molecule has 0 saturated carbocycles. The summed E-state index contributed by atoms with van der Waals surface area (Å²) in [5.41, 5.74) is 3.23. The number of pyridine rings is 1. The normalized spacial score (nSPS) is 16.6. The Kier molecular flexibility index (Phi) is 5.15. The van der Waals surface area contributed by atoms with Crippen molar-refractivity contribution in [1.29, 1.82) is 0 Å². The van der Waals surface area contributed by atoms with Crippen LogP contribution in [0.2, 0.25) is 0 Å². The van der Waals surface area contributed by atoms with Gasteiger partial charge in [-0.2, -0.15) is 0 Å². The van der Waals surface area contributed by atoms with E-state index in [0.29, 0.717) is 17.8 Å². The summed E-state index contributed by atoms with van der Waals surface area (Å²) in [7, 11) is 1.64. The van der Waals surface area contributed by atoms with Crippen molar-refractivity contribution in [3.63, 3.8) is 0 Å². The average molecular weight is 435 g/mol. The first-order valence-corrected chi connectivity index (χ1v) is 10.8. The molecule has 5 rings (SSSR count). The number of rotatable bonds is 5. The van der Waals surface area contributed by atoms with Crippen LogP contribution in [0.5, 0.6) is 5.75 Å². The van der Waals surface area contributed by atoms with Gasteiger partial charge in [-0.25, -0.2) is 14.8 Å². The third-order valence-corrected chi connectivity index (χ3v) is 6.28. The predicted molar refractivity (Wildman–Crippen MR) is 121 cm³/mol. The molecule has 1 saturated heterocycles. The van der Waals surface area contributed by atoms with Gasteiger partial charge >= 0.3 is 5.69 Å².